The molecule has 0 saturated carbocycles. The van der Waals surface area contributed by atoms with Crippen LogP contribution in [0.4, 0.5) is 5.00 Å². The summed E-state index contributed by atoms with van der Waals surface area (Å²) in [5, 5.41) is 3.37. The minimum Gasteiger partial charge on any atom is -0.497 e. The maximum absolute atomic E-state index is 12.8. The predicted molar refractivity (Wildman–Crippen MR) is 121 cm³/mol. The molecule has 2 heterocycles. The van der Waals surface area contributed by atoms with Crippen LogP contribution in [0.3, 0.4) is 0 Å². The molecule has 2 aromatic heterocycles. The van der Waals surface area contributed by atoms with Crippen molar-refractivity contribution in [1.82, 2.24) is 0 Å². The SMILES string of the molecule is CCOC(=O)c1c(NC(=O)c2ccc(COc3ccc(OC)cc3)o2)sc2c1CCCC2. The van der Waals surface area contributed by atoms with Crippen LogP contribution in [0.15, 0.2) is 40.8 Å². The summed E-state index contributed by atoms with van der Waals surface area (Å²) in [7, 11) is 1.60. The van der Waals surface area contributed by atoms with Crippen molar-refractivity contribution >= 4 is 28.2 Å². The fourth-order valence-electron chi connectivity index (χ4n) is 3.64. The first-order valence-electron chi connectivity index (χ1n) is 10.6. The number of ether oxygens (including phenoxy) is 3. The minimum absolute atomic E-state index is 0.152. The molecule has 4 rings (SSSR count). The van der Waals surface area contributed by atoms with Crippen LogP contribution in [-0.2, 0) is 24.2 Å². The Morgan fingerprint density at radius 3 is 2.56 bits per heavy atom. The van der Waals surface area contributed by atoms with E-state index in [2.05, 4.69) is 5.32 Å². The van der Waals surface area contributed by atoms with Gasteiger partial charge in [-0.05, 0) is 74.6 Å². The summed E-state index contributed by atoms with van der Waals surface area (Å²) < 4.78 is 21.7. The number of methoxy groups -OCH3 is 1. The van der Waals surface area contributed by atoms with Gasteiger partial charge in [-0.2, -0.15) is 0 Å². The molecule has 7 nitrogen and oxygen atoms in total. The van der Waals surface area contributed by atoms with E-state index in [9.17, 15) is 9.59 Å². The molecule has 1 aromatic carbocycles. The molecule has 0 bridgehead atoms. The number of fused-ring (bicyclic) bond motifs is 1. The maximum Gasteiger partial charge on any atom is 0.341 e. The van der Waals surface area contributed by atoms with Crippen molar-refractivity contribution in [2.24, 2.45) is 0 Å². The van der Waals surface area contributed by atoms with Gasteiger partial charge < -0.3 is 23.9 Å². The van der Waals surface area contributed by atoms with Crippen LogP contribution in [-0.4, -0.2) is 25.6 Å². The van der Waals surface area contributed by atoms with Crippen LogP contribution in [0, 0.1) is 0 Å². The zero-order valence-corrected chi connectivity index (χ0v) is 18.9. The molecule has 168 valence electrons. The van der Waals surface area contributed by atoms with Crippen LogP contribution in [0.5, 0.6) is 11.5 Å². The van der Waals surface area contributed by atoms with Crippen LogP contribution in [0.25, 0.3) is 0 Å². The smallest absolute Gasteiger partial charge is 0.341 e. The van der Waals surface area contributed by atoms with Gasteiger partial charge in [0.05, 0.1) is 19.3 Å². The fraction of sp³-hybridized carbons (Fsp3) is 0.333. The van der Waals surface area contributed by atoms with E-state index in [1.807, 2.05) is 0 Å². The summed E-state index contributed by atoms with van der Waals surface area (Å²) in [6, 6.07) is 10.5. The van der Waals surface area contributed by atoms with Crippen molar-refractivity contribution in [2.75, 3.05) is 19.0 Å². The molecule has 32 heavy (non-hydrogen) atoms. The third kappa shape index (κ3) is 4.80. The van der Waals surface area contributed by atoms with Crippen LogP contribution < -0.4 is 14.8 Å². The van der Waals surface area contributed by atoms with Crippen molar-refractivity contribution in [2.45, 2.75) is 39.2 Å². The van der Waals surface area contributed by atoms with Crippen LogP contribution >= 0.6 is 11.3 Å². The Bertz CT molecular complexity index is 1100. The number of esters is 1. The predicted octanol–water partition coefficient (Wildman–Crippen LogP) is 5.24. The maximum atomic E-state index is 12.8. The largest absolute Gasteiger partial charge is 0.497 e. The Hall–Kier alpha value is -3.26. The molecular formula is C24H25NO6S. The van der Waals surface area contributed by atoms with Crippen molar-refractivity contribution < 1.29 is 28.2 Å². The average molecular weight is 456 g/mol. The Kier molecular flexibility index (Phi) is 6.80. The lowest BCUT2D eigenvalue weighted by atomic mass is 9.95. The molecule has 1 aliphatic carbocycles. The first-order valence-corrected chi connectivity index (χ1v) is 11.4. The van der Waals surface area contributed by atoms with Gasteiger partial charge in [-0.1, -0.05) is 0 Å². The highest BCUT2D eigenvalue weighted by atomic mass is 32.1. The van der Waals surface area contributed by atoms with E-state index in [1.54, 1.807) is 50.4 Å². The molecule has 0 radical (unpaired) electrons. The van der Waals surface area contributed by atoms with Crippen LogP contribution in [0.2, 0.25) is 0 Å². The van der Waals surface area contributed by atoms with Gasteiger partial charge in [0.1, 0.15) is 28.9 Å². The molecule has 1 aliphatic rings. The molecule has 0 saturated heterocycles. The highest BCUT2D eigenvalue weighted by Crippen LogP contribution is 2.38. The van der Waals surface area contributed by atoms with E-state index in [4.69, 9.17) is 18.6 Å². The van der Waals surface area contributed by atoms with E-state index < -0.39 is 11.9 Å². The average Bonchev–Trinajstić information content (AvgIpc) is 3.42. The number of amides is 1. The highest BCUT2D eigenvalue weighted by molar-refractivity contribution is 7.17. The van der Waals surface area contributed by atoms with Gasteiger partial charge in [0.25, 0.3) is 5.91 Å². The molecule has 1 N–H and O–H groups in total. The quantitative estimate of drug-likeness (QED) is 0.468. The Balaban J connectivity index is 1.45. The molecule has 0 aliphatic heterocycles. The zero-order chi connectivity index (χ0) is 22.5. The molecular weight excluding hydrogens is 430 g/mol. The Labute approximate surface area is 190 Å². The molecule has 0 spiro atoms. The first kappa shape index (κ1) is 22.0. The number of nitrogens with one attached hydrogen (secondary N) is 1. The molecule has 0 unspecified atom stereocenters. The van der Waals surface area contributed by atoms with Gasteiger partial charge in [-0.3, -0.25) is 4.79 Å². The lowest BCUT2D eigenvalue weighted by Crippen LogP contribution is -2.15. The standard InChI is InChI=1S/C24H25NO6S/c1-3-29-24(27)21-18-6-4-5-7-20(18)32-23(21)25-22(26)19-13-12-17(31-19)14-30-16-10-8-15(28-2)9-11-16/h8-13H,3-7,14H2,1-2H3,(H,25,26). The molecule has 1 amide bonds. The number of thiophene rings is 1. The molecule has 0 atom stereocenters. The Morgan fingerprint density at radius 1 is 1.06 bits per heavy atom. The van der Waals surface area contributed by atoms with Gasteiger partial charge in [0.2, 0.25) is 0 Å². The Morgan fingerprint density at radius 2 is 1.81 bits per heavy atom. The van der Waals surface area contributed by atoms with Crippen molar-refractivity contribution in [3.8, 4) is 11.5 Å². The number of carbonyl (C=O) groups excluding carboxylic acids is 2. The third-order valence-corrected chi connectivity index (χ3v) is 6.41. The number of aryl methyl sites for hydroxylation is 1. The second-order valence-corrected chi connectivity index (χ2v) is 8.42. The molecule has 3 aromatic rings. The topological polar surface area (TPSA) is 87.0 Å². The zero-order valence-electron chi connectivity index (χ0n) is 18.1. The molecule has 8 heteroatoms. The summed E-state index contributed by atoms with van der Waals surface area (Å²) in [6.45, 7) is 2.24. The lowest BCUT2D eigenvalue weighted by molar-refractivity contribution is 0.0526. The van der Waals surface area contributed by atoms with E-state index in [0.29, 0.717) is 22.1 Å². The van der Waals surface area contributed by atoms with E-state index in [-0.39, 0.29) is 19.0 Å². The first-order chi connectivity index (χ1) is 15.6. The van der Waals surface area contributed by atoms with E-state index >= 15 is 0 Å². The highest BCUT2D eigenvalue weighted by Gasteiger charge is 2.28. The summed E-state index contributed by atoms with van der Waals surface area (Å²) in [4.78, 5) is 26.5. The number of furan rings is 1. The second-order valence-electron chi connectivity index (χ2n) is 7.32. The van der Waals surface area contributed by atoms with Crippen molar-refractivity contribution in [3.05, 3.63) is 63.9 Å². The van der Waals surface area contributed by atoms with E-state index in [0.717, 1.165) is 41.9 Å². The normalized spacial score (nSPS) is 12.7. The van der Waals surface area contributed by atoms with Gasteiger partial charge in [0, 0.05) is 4.88 Å². The van der Waals surface area contributed by atoms with Crippen molar-refractivity contribution in [1.29, 1.82) is 0 Å². The summed E-state index contributed by atoms with van der Waals surface area (Å²) in [5.41, 5.74) is 1.48. The lowest BCUT2D eigenvalue weighted by Gasteiger charge is -2.12. The molecule has 0 fully saturated rings. The summed E-state index contributed by atoms with van der Waals surface area (Å²) in [6.07, 6.45) is 3.84. The third-order valence-electron chi connectivity index (χ3n) is 5.20. The van der Waals surface area contributed by atoms with E-state index in [1.165, 1.54) is 11.3 Å². The number of hydrogen-bond acceptors (Lipinski definition) is 7. The number of hydrogen-bond donors (Lipinski definition) is 1. The van der Waals surface area contributed by atoms with Gasteiger partial charge >= 0.3 is 5.97 Å². The summed E-state index contributed by atoms with van der Waals surface area (Å²) in [5.74, 6) is 1.27. The van der Waals surface area contributed by atoms with Gasteiger partial charge in [0.15, 0.2) is 5.76 Å². The monoisotopic (exact) mass is 455 g/mol. The number of rotatable bonds is 8. The van der Waals surface area contributed by atoms with Gasteiger partial charge in [-0.15, -0.1) is 11.3 Å². The number of benzene rings is 1. The van der Waals surface area contributed by atoms with Crippen LogP contribution in [0.1, 0.15) is 56.9 Å². The summed E-state index contributed by atoms with van der Waals surface area (Å²) >= 11 is 1.45. The second kappa shape index (κ2) is 9.91. The number of carbonyl (C=O) groups is 2. The fourth-order valence-corrected chi connectivity index (χ4v) is 4.91. The minimum atomic E-state index is -0.412. The van der Waals surface area contributed by atoms with Gasteiger partial charge in [-0.25, -0.2) is 4.79 Å². The number of anilines is 1. The van der Waals surface area contributed by atoms with Crippen molar-refractivity contribution in [3.63, 3.8) is 0 Å².